The molecule has 0 spiro atoms. The Hall–Kier alpha value is -1.50. The molecule has 27 heavy (non-hydrogen) atoms. The van der Waals surface area contributed by atoms with Crippen LogP contribution in [0.3, 0.4) is 0 Å². The summed E-state index contributed by atoms with van der Waals surface area (Å²) in [5.74, 6) is 1.39. The summed E-state index contributed by atoms with van der Waals surface area (Å²) < 4.78 is 0. The monoisotopic (exact) mass is 371 g/mol. The lowest BCUT2D eigenvalue weighted by Gasteiger charge is -2.35. The molecule has 1 aliphatic rings. The first kappa shape index (κ1) is 25.5. The zero-order valence-electron chi connectivity index (χ0n) is 19.4. The van der Waals surface area contributed by atoms with Crippen LogP contribution < -0.4 is 0 Å². The number of piperidine rings is 1. The van der Waals surface area contributed by atoms with Crippen molar-refractivity contribution < 1.29 is 0 Å². The maximum Gasteiger partial charge on any atom is 0.0180 e. The molecule has 0 bridgehead atoms. The van der Waals surface area contributed by atoms with E-state index in [1.807, 2.05) is 27.7 Å². The second-order valence-electron chi connectivity index (χ2n) is 6.93. The largest absolute Gasteiger partial charge is 0.375 e. The first-order valence-electron chi connectivity index (χ1n) is 11.3. The molecule has 1 heteroatoms. The Bertz CT molecular complexity index is 516. The smallest absolute Gasteiger partial charge is 0.0180 e. The molecule has 1 aromatic rings. The van der Waals surface area contributed by atoms with Crippen molar-refractivity contribution in [2.45, 2.75) is 87.0 Å². The SMILES string of the molecule is CC.CC.CC/C(=C\C=C(/CC)N1CCC(c2ccccc2)CC1)C(C)C. The number of benzene rings is 1. The van der Waals surface area contributed by atoms with Gasteiger partial charge in [-0.05, 0) is 49.2 Å². The highest BCUT2D eigenvalue weighted by atomic mass is 15.1. The van der Waals surface area contributed by atoms with Gasteiger partial charge in [0.05, 0.1) is 0 Å². The third kappa shape index (κ3) is 8.82. The van der Waals surface area contributed by atoms with Crippen molar-refractivity contribution in [1.82, 2.24) is 4.90 Å². The van der Waals surface area contributed by atoms with Gasteiger partial charge < -0.3 is 4.90 Å². The molecular weight excluding hydrogens is 326 g/mol. The van der Waals surface area contributed by atoms with Crippen molar-refractivity contribution in [2.75, 3.05) is 13.1 Å². The molecular formula is C26H45N. The number of hydrogen-bond acceptors (Lipinski definition) is 1. The van der Waals surface area contributed by atoms with Gasteiger partial charge in [-0.2, -0.15) is 0 Å². The zero-order valence-corrected chi connectivity index (χ0v) is 19.4. The van der Waals surface area contributed by atoms with Gasteiger partial charge in [0.2, 0.25) is 0 Å². The summed E-state index contributed by atoms with van der Waals surface area (Å²) in [6.07, 6.45) is 9.57. The number of rotatable bonds is 6. The summed E-state index contributed by atoms with van der Waals surface area (Å²) in [4.78, 5) is 2.60. The molecule has 1 heterocycles. The van der Waals surface area contributed by atoms with Crippen LogP contribution in [-0.4, -0.2) is 18.0 Å². The normalized spacial score (nSPS) is 15.7. The van der Waals surface area contributed by atoms with Gasteiger partial charge in [0.15, 0.2) is 0 Å². The van der Waals surface area contributed by atoms with Gasteiger partial charge in [0.1, 0.15) is 0 Å². The van der Waals surface area contributed by atoms with E-state index in [1.54, 1.807) is 5.57 Å². The van der Waals surface area contributed by atoms with Gasteiger partial charge in [-0.1, -0.05) is 97.4 Å². The van der Waals surface area contributed by atoms with Crippen LogP contribution in [-0.2, 0) is 0 Å². The number of likely N-dealkylation sites (tertiary alicyclic amines) is 1. The molecule has 1 aliphatic heterocycles. The van der Waals surface area contributed by atoms with E-state index in [0.29, 0.717) is 5.92 Å². The standard InChI is InChI=1S/C22H33N.2C2H6/c1-5-19(18(3)4)12-13-22(6-2)23-16-14-21(15-17-23)20-10-8-7-9-11-20;2*1-2/h7-13,18,21H,5-6,14-17H2,1-4H3;2*1-2H3/b19-12+,22-13+;;. The fraction of sp³-hybridized carbons (Fsp3) is 0.615. The van der Waals surface area contributed by atoms with Crippen LogP contribution in [0.15, 0.2) is 53.8 Å². The first-order chi connectivity index (χ1) is 13.2. The summed E-state index contributed by atoms with van der Waals surface area (Å²) in [6.45, 7) is 19.5. The molecule has 0 aliphatic carbocycles. The summed E-state index contributed by atoms with van der Waals surface area (Å²) in [5, 5.41) is 0. The van der Waals surface area contributed by atoms with E-state index in [9.17, 15) is 0 Å². The highest BCUT2D eigenvalue weighted by Gasteiger charge is 2.21. The molecule has 1 nitrogen and oxygen atoms in total. The lowest BCUT2D eigenvalue weighted by atomic mass is 9.89. The number of hydrogen-bond donors (Lipinski definition) is 0. The Morgan fingerprint density at radius 2 is 1.48 bits per heavy atom. The molecule has 0 radical (unpaired) electrons. The first-order valence-corrected chi connectivity index (χ1v) is 11.3. The highest BCUT2D eigenvalue weighted by molar-refractivity contribution is 5.22. The fourth-order valence-electron chi connectivity index (χ4n) is 3.59. The molecule has 0 saturated carbocycles. The van der Waals surface area contributed by atoms with Crippen LogP contribution in [0.5, 0.6) is 0 Å². The molecule has 154 valence electrons. The van der Waals surface area contributed by atoms with Gasteiger partial charge in [-0.25, -0.2) is 0 Å². The molecule has 1 fully saturated rings. The zero-order chi connectivity index (χ0) is 20.7. The summed E-state index contributed by atoms with van der Waals surface area (Å²) >= 11 is 0. The van der Waals surface area contributed by atoms with Crippen LogP contribution in [0.25, 0.3) is 0 Å². The van der Waals surface area contributed by atoms with Crippen molar-refractivity contribution in [3.63, 3.8) is 0 Å². The lowest BCUT2D eigenvalue weighted by Crippen LogP contribution is -2.32. The predicted molar refractivity (Wildman–Crippen MR) is 124 cm³/mol. The van der Waals surface area contributed by atoms with E-state index < -0.39 is 0 Å². The van der Waals surface area contributed by atoms with E-state index in [-0.39, 0.29) is 0 Å². The fourth-order valence-corrected chi connectivity index (χ4v) is 3.59. The van der Waals surface area contributed by atoms with Crippen LogP contribution >= 0.6 is 0 Å². The minimum absolute atomic E-state index is 0.651. The Morgan fingerprint density at radius 3 is 1.93 bits per heavy atom. The molecule has 0 aromatic heterocycles. The van der Waals surface area contributed by atoms with Crippen LogP contribution in [0.2, 0.25) is 0 Å². The minimum Gasteiger partial charge on any atom is -0.375 e. The third-order valence-electron chi connectivity index (χ3n) is 5.17. The van der Waals surface area contributed by atoms with Crippen molar-refractivity contribution in [3.05, 3.63) is 59.3 Å². The van der Waals surface area contributed by atoms with E-state index in [4.69, 9.17) is 0 Å². The maximum atomic E-state index is 2.60. The molecule has 0 unspecified atom stereocenters. The second kappa shape index (κ2) is 15.5. The Labute approximate surface area is 170 Å². The van der Waals surface area contributed by atoms with E-state index in [0.717, 1.165) is 18.8 Å². The molecule has 1 saturated heterocycles. The van der Waals surface area contributed by atoms with Crippen LogP contribution in [0, 0.1) is 5.92 Å². The summed E-state index contributed by atoms with van der Waals surface area (Å²) in [5.41, 5.74) is 4.57. The summed E-state index contributed by atoms with van der Waals surface area (Å²) in [6, 6.07) is 11.0. The van der Waals surface area contributed by atoms with Gasteiger partial charge >= 0.3 is 0 Å². The van der Waals surface area contributed by atoms with Crippen LogP contribution in [0.1, 0.15) is 92.6 Å². The topological polar surface area (TPSA) is 3.24 Å². The maximum absolute atomic E-state index is 2.60. The van der Waals surface area contributed by atoms with Crippen LogP contribution in [0.4, 0.5) is 0 Å². The Balaban J connectivity index is 0.00000158. The van der Waals surface area contributed by atoms with E-state index >= 15 is 0 Å². The van der Waals surface area contributed by atoms with Gasteiger partial charge in [0.25, 0.3) is 0 Å². The van der Waals surface area contributed by atoms with Gasteiger partial charge in [-0.3, -0.25) is 0 Å². The van der Waals surface area contributed by atoms with Crippen molar-refractivity contribution in [2.24, 2.45) is 5.92 Å². The molecule has 0 amide bonds. The number of nitrogens with zero attached hydrogens (tertiary/aromatic N) is 1. The lowest BCUT2D eigenvalue weighted by molar-refractivity contribution is 0.257. The predicted octanol–water partition coefficient (Wildman–Crippen LogP) is 8.20. The van der Waals surface area contributed by atoms with Gasteiger partial charge in [-0.15, -0.1) is 0 Å². The molecule has 0 N–H and O–H groups in total. The third-order valence-corrected chi connectivity index (χ3v) is 5.17. The van der Waals surface area contributed by atoms with E-state index in [1.165, 1.54) is 37.2 Å². The van der Waals surface area contributed by atoms with E-state index in [2.05, 4.69) is 75.1 Å². The minimum atomic E-state index is 0.651. The Kier molecular flexibility index (Phi) is 14.7. The quantitative estimate of drug-likeness (QED) is 0.455. The molecule has 2 rings (SSSR count). The highest BCUT2D eigenvalue weighted by Crippen LogP contribution is 2.30. The van der Waals surface area contributed by atoms with Gasteiger partial charge in [0, 0.05) is 18.8 Å². The number of allylic oxidation sites excluding steroid dienone is 4. The second-order valence-corrected chi connectivity index (χ2v) is 6.93. The average molecular weight is 372 g/mol. The van der Waals surface area contributed by atoms with Crippen molar-refractivity contribution >= 4 is 0 Å². The van der Waals surface area contributed by atoms with Crippen molar-refractivity contribution in [1.29, 1.82) is 0 Å². The average Bonchev–Trinajstić information content (AvgIpc) is 2.75. The summed E-state index contributed by atoms with van der Waals surface area (Å²) in [7, 11) is 0. The van der Waals surface area contributed by atoms with Crippen molar-refractivity contribution in [3.8, 4) is 0 Å². The molecule has 1 aromatic carbocycles. The Morgan fingerprint density at radius 1 is 0.926 bits per heavy atom. The molecule has 0 atom stereocenters.